The van der Waals surface area contributed by atoms with Gasteiger partial charge in [0.05, 0.1) is 58.5 Å². The Balaban J connectivity index is 0.00000228. The summed E-state index contributed by atoms with van der Waals surface area (Å²) in [6.45, 7) is 9.48. The van der Waals surface area contributed by atoms with E-state index in [0.717, 1.165) is 114 Å². The Bertz CT molecular complexity index is 2810. The Morgan fingerprint density at radius 1 is 0.231 bits per heavy atom. The SMILES string of the molecule is CC/C=C/CCCCCCCCCCCCCCCCCOC(=O)c1ccc(S(=O)(=O)[O-])cc1C(=O)OCCCCCCCCCCCCCCCCC/C=C/CC.CC/C=C/CCCCCCCCCCCCCCCCCOC(=O)c1ccc(S(=O)(=O)[O-])cc1C(=O)OCCCCCCCCCCCCCCCCC/C=C/CC.[Ca+2]. The normalized spacial score (nSPS) is 11.8. The molecule has 2 aromatic carbocycles. The minimum Gasteiger partial charge on any atom is -0.744 e. The van der Waals surface area contributed by atoms with Gasteiger partial charge in [0.15, 0.2) is 0 Å². The number of rotatable bonds is 82. The van der Waals surface area contributed by atoms with Gasteiger partial charge < -0.3 is 28.1 Å². The van der Waals surface area contributed by atoms with Crippen LogP contribution in [0.3, 0.4) is 0 Å². The predicted molar refractivity (Wildman–Crippen MR) is 489 cm³/mol. The minimum atomic E-state index is -4.82. The van der Waals surface area contributed by atoms with Crippen molar-refractivity contribution in [3.05, 3.63) is 107 Å². The van der Waals surface area contributed by atoms with Crippen LogP contribution in [0.25, 0.3) is 0 Å². The Morgan fingerprint density at radius 3 is 0.530 bits per heavy atom. The molecule has 668 valence electrons. The van der Waals surface area contributed by atoms with E-state index < -0.39 is 53.9 Å². The molecule has 0 heterocycles. The van der Waals surface area contributed by atoms with Gasteiger partial charge >= 0.3 is 61.6 Å². The number of esters is 4. The van der Waals surface area contributed by atoms with Crippen molar-refractivity contribution in [3.8, 4) is 0 Å². The zero-order chi connectivity index (χ0) is 84.4. The largest absolute Gasteiger partial charge is 2.00 e. The van der Waals surface area contributed by atoms with Crippen molar-refractivity contribution in [2.24, 2.45) is 0 Å². The summed E-state index contributed by atoms with van der Waals surface area (Å²) in [6, 6.07) is 6.31. The van der Waals surface area contributed by atoms with Gasteiger partial charge in [-0.2, -0.15) is 0 Å². The monoisotopic (exact) mass is 1700 g/mol. The molecule has 0 spiro atoms. The van der Waals surface area contributed by atoms with Crippen LogP contribution in [0, 0.1) is 0 Å². The van der Waals surface area contributed by atoms with E-state index in [4.69, 9.17) is 18.9 Å². The second kappa shape index (κ2) is 84.6. The number of hydrogen-bond acceptors (Lipinski definition) is 14. The first kappa shape index (κ1) is 113. The van der Waals surface area contributed by atoms with Gasteiger partial charge in [-0.1, -0.05) is 410 Å². The van der Waals surface area contributed by atoms with E-state index >= 15 is 0 Å². The van der Waals surface area contributed by atoms with E-state index in [2.05, 4.69) is 76.3 Å². The van der Waals surface area contributed by atoms with Crippen molar-refractivity contribution >= 4 is 81.9 Å². The van der Waals surface area contributed by atoms with Crippen LogP contribution in [0.15, 0.2) is 94.8 Å². The molecule has 0 aliphatic carbocycles. The summed E-state index contributed by atoms with van der Waals surface area (Å²) in [6.07, 6.45) is 102. The second-order valence-corrected chi connectivity index (χ2v) is 35.5. The molecule has 117 heavy (non-hydrogen) atoms. The van der Waals surface area contributed by atoms with Crippen molar-refractivity contribution in [2.75, 3.05) is 26.4 Å². The quantitative estimate of drug-likeness (QED) is 0.0150. The van der Waals surface area contributed by atoms with Gasteiger partial charge in [0, 0.05) is 0 Å². The van der Waals surface area contributed by atoms with E-state index in [1.807, 2.05) is 0 Å². The van der Waals surface area contributed by atoms with Gasteiger partial charge in [0.1, 0.15) is 20.2 Å². The number of carbonyl (C=O) groups is 4. The molecular formula is C100H170CaO14S2. The third-order valence-corrected chi connectivity index (χ3v) is 23.7. The van der Waals surface area contributed by atoms with Gasteiger partial charge in [0.25, 0.3) is 0 Å². The maximum Gasteiger partial charge on any atom is 2.00 e. The average molecular weight is 1700 g/mol. The summed E-state index contributed by atoms with van der Waals surface area (Å²) >= 11 is 0. The van der Waals surface area contributed by atoms with E-state index in [-0.39, 0.29) is 86.4 Å². The number of hydrogen-bond donors (Lipinski definition) is 0. The molecule has 0 N–H and O–H groups in total. The summed E-state index contributed by atoms with van der Waals surface area (Å²) in [7, 11) is -9.63. The van der Waals surface area contributed by atoms with Crippen molar-refractivity contribution in [3.63, 3.8) is 0 Å². The molecule has 0 bridgehead atoms. The van der Waals surface area contributed by atoms with Gasteiger partial charge in [-0.3, -0.25) is 0 Å². The van der Waals surface area contributed by atoms with Gasteiger partial charge in [-0.25, -0.2) is 36.0 Å². The molecule has 17 heteroatoms. The first-order valence-corrected chi connectivity index (χ1v) is 50.9. The third kappa shape index (κ3) is 71.5. The summed E-state index contributed by atoms with van der Waals surface area (Å²) in [5, 5.41) is 0. The van der Waals surface area contributed by atoms with Crippen LogP contribution >= 0.6 is 0 Å². The number of benzene rings is 2. The Morgan fingerprint density at radius 2 is 0.376 bits per heavy atom. The summed E-state index contributed by atoms with van der Waals surface area (Å²) < 4.78 is 91.8. The molecule has 0 aromatic heterocycles. The Hall–Kier alpha value is -3.64. The molecule has 14 nitrogen and oxygen atoms in total. The maximum absolute atomic E-state index is 13.0. The van der Waals surface area contributed by atoms with Gasteiger partial charge in [-0.15, -0.1) is 0 Å². The number of ether oxygens (including phenoxy) is 4. The molecule has 0 aliphatic rings. The number of carbonyl (C=O) groups excluding carboxylic acids is 4. The fraction of sp³-hybridized carbons (Fsp3) is 0.760. The molecule has 0 saturated heterocycles. The fourth-order valence-electron chi connectivity index (χ4n) is 14.8. The number of allylic oxidation sites excluding steroid dienone is 8. The van der Waals surface area contributed by atoms with Crippen LogP contribution in [0.5, 0.6) is 0 Å². The zero-order valence-electron chi connectivity index (χ0n) is 75.2. The van der Waals surface area contributed by atoms with E-state index in [9.17, 15) is 45.1 Å². The summed E-state index contributed by atoms with van der Waals surface area (Å²) in [5.41, 5.74) is -0.662. The van der Waals surface area contributed by atoms with E-state index in [1.165, 1.54) is 333 Å². The minimum absolute atomic E-state index is 0. The molecule has 2 aromatic rings. The van der Waals surface area contributed by atoms with Gasteiger partial charge in [0.2, 0.25) is 0 Å². The smallest absolute Gasteiger partial charge is 0.744 e. The van der Waals surface area contributed by atoms with Gasteiger partial charge in [-0.05, 0) is 139 Å². The third-order valence-electron chi connectivity index (χ3n) is 22.0. The van der Waals surface area contributed by atoms with Crippen molar-refractivity contribution in [1.82, 2.24) is 0 Å². The fourth-order valence-corrected chi connectivity index (χ4v) is 15.8. The zero-order valence-corrected chi connectivity index (χ0v) is 79.1. The van der Waals surface area contributed by atoms with Crippen LogP contribution in [0.4, 0.5) is 0 Å². The molecule has 0 radical (unpaired) electrons. The first-order valence-electron chi connectivity index (χ1n) is 48.1. The van der Waals surface area contributed by atoms with Crippen LogP contribution in [-0.2, 0) is 39.2 Å². The molecule has 2 rings (SSSR count). The Kier molecular flexibility index (Phi) is 81.9. The molecule has 0 saturated carbocycles. The molecule has 0 amide bonds. The molecule has 0 atom stereocenters. The summed E-state index contributed by atoms with van der Waals surface area (Å²) in [4.78, 5) is 50.6. The molecule has 0 aliphatic heterocycles. The second-order valence-electron chi connectivity index (χ2n) is 32.8. The van der Waals surface area contributed by atoms with Crippen LogP contribution in [0.1, 0.15) is 506 Å². The topological polar surface area (TPSA) is 220 Å². The van der Waals surface area contributed by atoms with Crippen molar-refractivity contribution in [1.29, 1.82) is 0 Å². The maximum atomic E-state index is 13.0. The molecular weight excluding hydrogens is 1530 g/mol. The Labute approximate surface area is 747 Å². The van der Waals surface area contributed by atoms with Crippen LogP contribution in [-0.4, -0.2) is 114 Å². The number of unbranched alkanes of at least 4 members (excludes halogenated alkanes) is 60. The summed E-state index contributed by atoms with van der Waals surface area (Å²) in [5.74, 6) is -3.08. The average Bonchev–Trinajstić information content (AvgIpc) is 0.814. The van der Waals surface area contributed by atoms with Crippen molar-refractivity contribution < 1.29 is 64.1 Å². The predicted octanol–water partition coefficient (Wildman–Crippen LogP) is 30.3. The van der Waals surface area contributed by atoms with Crippen LogP contribution in [0.2, 0.25) is 0 Å². The molecule has 0 unspecified atom stereocenters. The van der Waals surface area contributed by atoms with E-state index in [0.29, 0.717) is 25.7 Å². The van der Waals surface area contributed by atoms with Crippen LogP contribution < -0.4 is 0 Å². The van der Waals surface area contributed by atoms with Crippen molar-refractivity contribution in [2.45, 2.75) is 474 Å². The first-order chi connectivity index (χ1) is 56.6. The molecule has 0 fully saturated rings. The standard InChI is InChI=1S/2C50H86O7S.Ca/c2*1-3-5-7-9-11-13-15-17-19-21-23-25-27-29-31-33-35-37-39-43-56-49(51)47-42-41-46(58(53,54)55)45-48(47)50(52)57-44-40-38-36-34-32-30-28-26-24-22-20-18-16-14-12-10-8-6-4-2;/h2*5-8,41-42,45H,3-4,9-40,43-44H2,1-2H3,(H,53,54,55);/q;;+2/p-2/b2*7-5+,8-6+;. The van der Waals surface area contributed by atoms with E-state index in [1.54, 1.807) is 0 Å².